The fourth-order valence-electron chi connectivity index (χ4n) is 3.61. The molecule has 2 aliphatic heterocycles. The van der Waals surface area contributed by atoms with Gasteiger partial charge in [-0.25, -0.2) is 9.97 Å². The Labute approximate surface area is 135 Å². The van der Waals surface area contributed by atoms with Crippen LogP contribution in [0, 0.1) is 12.8 Å². The molecular weight excluding hydrogens is 294 g/mol. The highest BCUT2D eigenvalue weighted by atomic mass is 32.1. The predicted molar refractivity (Wildman–Crippen MR) is 86.7 cm³/mol. The lowest BCUT2D eigenvalue weighted by molar-refractivity contribution is -0.0105. The maximum Gasteiger partial charge on any atom is 0.125 e. The summed E-state index contributed by atoms with van der Waals surface area (Å²) in [6.45, 7) is 5.22. The summed E-state index contributed by atoms with van der Waals surface area (Å²) >= 11 is 1.84. The first-order valence-electron chi connectivity index (χ1n) is 7.97. The summed E-state index contributed by atoms with van der Waals surface area (Å²) in [5.74, 6) is 1.51. The van der Waals surface area contributed by atoms with Crippen LogP contribution < -0.4 is 0 Å². The molecule has 4 rings (SSSR count). The van der Waals surface area contributed by atoms with Crippen LogP contribution >= 0.6 is 11.3 Å². The SMILES string of the molecule is Cc1nccc([C@H]2C[C@@H]3CCN(Cc4cccs4)C[C@H]3O2)n1. The minimum atomic E-state index is 0.151. The first-order chi connectivity index (χ1) is 10.8. The number of likely N-dealkylation sites (tertiary alicyclic amines) is 1. The van der Waals surface area contributed by atoms with Gasteiger partial charge in [-0.3, -0.25) is 4.90 Å². The minimum absolute atomic E-state index is 0.151. The van der Waals surface area contributed by atoms with Crippen LogP contribution in [0.3, 0.4) is 0 Å². The summed E-state index contributed by atoms with van der Waals surface area (Å²) < 4.78 is 6.33. The van der Waals surface area contributed by atoms with E-state index in [2.05, 4.69) is 32.4 Å². The number of fused-ring (bicyclic) bond motifs is 1. The van der Waals surface area contributed by atoms with Gasteiger partial charge >= 0.3 is 0 Å². The van der Waals surface area contributed by atoms with E-state index >= 15 is 0 Å². The van der Waals surface area contributed by atoms with Crippen LogP contribution in [0.2, 0.25) is 0 Å². The number of hydrogen-bond donors (Lipinski definition) is 0. The summed E-state index contributed by atoms with van der Waals surface area (Å²) in [5.41, 5.74) is 1.05. The Kier molecular flexibility index (Phi) is 3.94. The van der Waals surface area contributed by atoms with Crippen molar-refractivity contribution in [1.29, 1.82) is 0 Å². The van der Waals surface area contributed by atoms with E-state index in [4.69, 9.17) is 4.74 Å². The average molecular weight is 315 g/mol. The Morgan fingerprint density at radius 3 is 3.18 bits per heavy atom. The summed E-state index contributed by atoms with van der Waals surface area (Å²) in [6.07, 6.45) is 4.68. The number of rotatable bonds is 3. The summed E-state index contributed by atoms with van der Waals surface area (Å²) in [4.78, 5) is 12.7. The van der Waals surface area contributed by atoms with Gasteiger partial charge in [0.25, 0.3) is 0 Å². The van der Waals surface area contributed by atoms with Crippen LogP contribution in [0.25, 0.3) is 0 Å². The standard InChI is InChI=1S/C17H21N3OS/c1-12-18-6-4-15(19-12)16-9-13-5-7-20(11-17(13)21-16)10-14-3-2-8-22-14/h2-4,6,8,13,16-17H,5,7,9-11H2,1H3/t13-,16+,17+/m0/s1. The topological polar surface area (TPSA) is 38.2 Å². The van der Waals surface area contributed by atoms with Crippen molar-refractivity contribution in [2.75, 3.05) is 13.1 Å². The zero-order chi connectivity index (χ0) is 14.9. The monoisotopic (exact) mass is 315 g/mol. The molecule has 0 N–H and O–H groups in total. The molecule has 0 aliphatic carbocycles. The van der Waals surface area contributed by atoms with Crippen molar-refractivity contribution < 1.29 is 4.74 Å². The first-order valence-corrected chi connectivity index (χ1v) is 8.85. The van der Waals surface area contributed by atoms with E-state index in [0.29, 0.717) is 12.0 Å². The van der Waals surface area contributed by atoms with Crippen LogP contribution in [0.1, 0.15) is 35.3 Å². The lowest BCUT2D eigenvalue weighted by atomic mass is 9.91. The molecule has 0 radical (unpaired) electrons. The first kappa shape index (κ1) is 14.3. The van der Waals surface area contributed by atoms with E-state index in [1.54, 1.807) is 0 Å². The molecule has 0 spiro atoms. The van der Waals surface area contributed by atoms with Gasteiger partial charge in [-0.1, -0.05) is 6.07 Å². The smallest absolute Gasteiger partial charge is 0.125 e. The van der Waals surface area contributed by atoms with Crippen molar-refractivity contribution >= 4 is 11.3 Å². The molecule has 116 valence electrons. The lowest BCUT2D eigenvalue weighted by Gasteiger charge is -2.33. The van der Waals surface area contributed by atoms with Gasteiger partial charge in [0.2, 0.25) is 0 Å². The average Bonchev–Trinajstić information content (AvgIpc) is 3.16. The summed E-state index contributed by atoms with van der Waals surface area (Å²) in [6, 6.07) is 6.35. The van der Waals surface area contributed by atoms with Gasteiger partial charge in [0.15, 0.2) is 0 Å². The van der Waals surface area contributed by atoms with Gasteiger partial charge in [0.05, 0.1) is 11.8 Å². The van der Waals surface area contributed by atoms with Gasteiger partial charge in [0.1, 0.15) is 11.9 Å². The Hall–Kier alpha value is -1.30. The second-order valence-corrected chi connectivity index (χ2v) is 7.32. The molecular formula is C17H21N3OS. The highest BCUT2D eigenvalue weighted by Gasteiger charge is 2.40. The molecule has 0 bridgehead atoms. The van der Waals surface area contributed by atoms with E-state index in [9.17, 15) is 0 Å². The van der Waals surface area contributed by atoms with Crippen LogP contribution in [0.5, 0.6) is 0 Å². The highest BCUT2D eigenvalue weighted by Crippen LogP contribution is 2.40. The number of piperidine rings is 1. The number of nitrogens with zero attached hydrogens (tertiary/aromatic N) is 3. The van der Waals surface area contributed by atoms with E-state index in [1.165, 1.54) is 17.8 Å². The van der Waals surface area contributed by atoms with Gasteiger partial charge in [0, 0.05) is 24.2 Å². The van der Waals surface area contributed by atoms with Crippen molar-refractivity contribution in [3.63, 3.8) is 0 Å². The number of aromatic nitrogens is 2. The van der Waals surface area contributed by atoms with E-state index < -0.39 is 0 Å². The largest absolute Gasteiger partial charge is 0.367 e. The molecule has 2 fully saturated rings. The third kappa shape index (κ3) is 2.93. The summed E-state index contributed by atoms with van der Waals surface area (Å²) in [5, 5.41) is 2.15. The third-order valence-corrected chi connectivity index (χ3v) is 5.58. The zero-order valence-electron chi connectivity index (χ0n) is 12.8. The Bertz CT molecular complexity index is 631. The lowest BCUT2D eigenvalue weighted by Crippen LogP contribution is -2.41. The second kappa shape index (κ2) is 6.07. The maximum absolute atomic E-state index is 6.33. The second-order valence-electron chi connectivity index (χ2n) is 6.29. The van der Waals surface area contributed by atoms with Crippen LogP contribution in [-0.2, 0) is 11.3 Å². The van der Waals surface area contributed by atoms with Crippen LogP contribution in [-0.4, -0.2) is 34.1 Å². The van der Waals surface area contributed by atoms with Gasteiger partial charge in [-0.2, -0.15) is 0 Å². The van der Waals surface area contributed by atoms with Crippen molar-refractivity contribution in [3.8, 4) is 0 Å². The molecule has 0 aromatic carbocycles. The van der Waals surface area contributed by atoms with E-state index in [0.717, 1.165) is 31.0 Å². The maximum atomic E-state index is 6.33. The Morgan fingerprint density at radius 1 is 1.41 bits per heavy atom. The van der Waals surface area contributed by atoms with Gasteiger partial charge < -0.3 is 4.74 Å². The molecule has 3 atom stereocenters. The molecule has 2 aliphatic rings. The van der Waals surface area contributed by atoms with Crippen molar-refractivity contribution in [2.24, 2.45) is 5.92 Å². The third-order valence-electron chi connectivity index (χ3n) is 4.72. The van der Waals surface area contributed by atoms with E-state index in [-0.39, 0.29) is 6.10 Å². The van der Waals surface area contributed by atoms with Crippen molar-refractivity contribution in [2.45, 2.75) is 38.5 Å². The molecule has 0 amide bonds. The quantitative estimate of drug-likeness (QED) is 0.872. The molecule has 4 heterocycles. The fraction of sp³-hybridized carbons (Fsp3) is 0.529. The zero-order valence-corrected chi connectivity index (χ0v) is 13.6. The Morgan fingerprint density at radius 2 is 2.36 bits per heavy atom. The van der Waals surface area contributed by atoms with Gasteiger partial charge in [-0.05, 0) is 49.7 Å². The van der Waals surface area contributed by atoms with Gasteiger partial charge in [-0.15, -0.1) is 11.3 Å². The van der Waals surface area contributed by atoms with Crippen molar-refractivity contribution in [3.05, 3.63) is 46.2 Å². The summed E-state index contributed by atoms with van der Waals surface area (Å²) in [7, 11) is 0. The minimum Gasteiger partial charge on any atom is -0.367 e. The number of aryl methyl sites for hydroxylation is 1. The molecule has 2 aromatic rings. The Balaban J connectivity index is 1.41. The number of thiophene rings is 1. The molecule has 0 saturated carbocycles. The highest BCUT2D eigenvalue weighted by molar-refractivity contribution is 7.09. The van der Waals surface area contributed by atoms with E-state index in [1.807, 2.05) is 30.5 Å². The molecule has 22 heavy (non-hydrogen) atoms. The van der Waals surface area contributed by atoms with Crippen molar-refractivity contribution in [1.82, 2.24) is 14.9 Å². The molecule has 2 saturated heterocycles. The molecule has 5 heteroatoms. The number of hydrogen-bond acceptors (Lipinski definition) is 5. The normalized spacial score (nSPS) is 28.7. The number of ether oxygens (including phenoxy) is 1. The van der Waals surface area contributed by atoms with Crippen LogP contribution in [0.4, 0.5) is 0 Å². The molecule has 0 unspecified atom stereocenters. The fourth-order valence-corrected chi connectivity index (χ4v) is 4.35. The molecule has 4 nitrogen and oxygen atoms in total. The predicted octanol–water partition coefficient (Wildman–Crippen LogP) is 3.20. The van der Waals surface area contributed by atoms with Crippen LogP contribution in [0.15, 0.2) is 29.8 Å². The molecule has 2 aromatic heterocycles.